The van der Waals surface area contributed by atoms with E-state index in [2.05, 4.69) is 10.3 Å². The molecule has 1 N–H and O–H groups in total. The number of benzene rings is 2. The molecule has 1 fully saturated rings. The standard InChI is InChI=1S/C22H22ClN3O4S2/c1-14-11-26(12-15(2)30-14)32(28,29)19-5-3-4-17(10-19)21(27)25-22-24-20(13-31-22)16-6-8-18(23)9-7-16/h3-10,13-15H,11-12H2,1-2H3,(H,24,25,27). The van der Waals surface area contributed by atoms with Gasteiger partial charge in [0.05, 0.1) is 22.8 Å². The van der Waals surface area contributed by atoms with Crippen LogP contribution in [0.5, 0.6) is 0 Å². The molecule has 1 aromatic heterocycles. The molecule has 2 unspecified atom stereocenters. The van der Waals surface area contributed by atoms with Crippen LogP contribution in [0.25, 0.3) is 11.3 Å². The minimum Gasteiger partial charge on any atom is -0.373 e. The van der Waals surface area contributed by atoms with E-state index < -0.39 is 15.9 Å². The van der Waals surface area contributed by atoms with Crippen molar-refractivity contribution >= 4 is 44.0 Å². The molecule has 0 aliphatic carbocycles. The van der Waals surface area contributed by atoms with Gasteiger partial charge in [-0.25, -0.2) is 13.4 Å². The lowest BCUT2D eigenvalue weighted by molar-refractivity contribution is -0.0440. The quantitative estimate of drug-likeness (QED) is 0.567. The number of amides is 1. The second kappa shape index (κ2) is 9.29. The Morgan fingerprint density at radius 2 is 1.84 bits per heavy atom. The largest absolute Gasteiger partial charge is 0.373 e. The number of rotatable bonds is 5. The van der Waals surface area contributed by atoms with Crippen LogP contribution in [0.15, 0.2) is 58.8 Å². The lowest BCUT2D eigenvalue weighted by Gasteiger charge is -2.34. The van der Waals surface area contributed by atoms with Gasteiger partial charge in [-0.05, 0) is 44.2 Å². The summed E-state index contributed by atoms with van der Waals surface area (Å²) in [5, 5.41) is 5.63. The van der Waals surface area contributed by atoms with Gasteiger partial charge >= 0.3 is 0 Å². The normalized spacial score (nSPS) is 19.6. The van der Waals surface area contributed by atoms with Crippen LogP contribution < -0.4 is 5.32 Å². The van der Waals surface area contributed by atoms with Gasteiger partial charge in [0.25, 0.3) is 5.91 Å². The Morgan fingerprint density at radius 1 is 1.16 bits per heavy atom. The fourth-order valence-electron chi connectivity index (χ4n) is 3.53. The minimum absolute atomic E-state index is 0.0763. The van der Waals surface area contributed by atoms with Crippen molar-refractivity contribution in [2.45, 2.75) is 31.0 Å². The Hall–Kier alpha value is -2.30. The molecule has 1 amide bonds. The number of carbonyl (C=O) groups is 1. The summed E-state index contributed by atoms with van der Waals surface area (Å²) < 4.78 is 33.3. The predicted molar refractivity (Wildman–Crippen MR) is 126 cm³/mol. The molecule has 32 heavy (non-hydrogen) atoms. The summed E-state index contributed by atoms with van der Waals surface area (Å²) in [6.45, 7) is 4.23. The van der Waals surface area contributed by atoms with E-state index in [4.69, 9.17) is 16.3 Å². The van der Waals surface area contributed by atoms with Crippen LogP contribution in [0.1, 0.15) is 24.2 Å². The zero-order valence-electron chi connectivity index (χ0n) is 17.5. The first-order valence-electron chi connectivity index (χ1n) is 10.0. The van der Waals surface area contributed by atoms with Crippen LogP contribution in [0.4, 0.5) is 5.13 Å². The molecule has 1 aliphatic heterocycles. The molecule has 4 rings (SSSR count). The van der Waals surface area contributed by atoms with Crippen LogP contribution in [0.2, 0.25) is 5.02 Å². The number of halogens is 1. The van der Waals surface area contributed by atoms with Crippen molar-refractivity contribution in [1.82, 2.24) is 9.29 Å². The minimum atomic E-state index is -3.74. The van der Waals surface area contributed by atoms with Gasteiger partial charge in [-0.3, -0.25) is 10.1 Å². The Labute approximate surface area is 196 Å². The monoisotopic (exact) mass is 491 g/mol. The first-order chi connectivity index (χ1) is 15.2. The number of hydrogen-bond donors (Lipinski definition) is 1. The van der Waals surface area contributed by atoms with Crippen LogP contribution in [-0.2, 0) is 14.8 Å². The molecule has 0 spiro atoms. The zero-order valence-corrected chi connectivity index (χ0v) is 19.9. The molecule has 168 valence electrons. The number of aromatic nitrogens is 1. The van der Waals surface area contributed by atoms with Crippen molar-refractivity contribution in [3.05, 3.63) is 64.5 Å². The highest BCUT2D eigenvalue weighted by Gasteiger charge is 2.32. The van der Waals surface area contributed by atoms with Gasteiger partial charge in [-0.15, -0.1) is 11.3 Å². The Balaban J connectivity index is 1.51. The number of thiazole rings is 1. The number of ether oxygens (including phenoxy) is 1. The third-order valence-corrected chi connectivity index (χ3v) is 7.82. The van der Waals surface area contributed by atoms with Crippen molar-refractivity contribution in [1.29, 1.82) is 0 Å². The zero-order chi connectivity index (χ0) is 22.9. The smallest absolute Gasteiger partial charge is 0.257 e. The van der Waals surface area contributed by atoms with Gasteiger partial charge < -0.3 is 4.74 Å². The molecule has 7 nitrogen and oxygen atoms in total. The van der Waals surface area contributed by atoms with E-state index in [1.807, 2.05) is 31.4 Å². The molecular weight excluding hydrogens is 470 g/mol. The summed E-state index contributed by atoms with van der Waals surface area (Å²) in [7, 11) is -3.74. The highest BCUT2D eigenvalue weighted by Crippen LogP contribution is 2.27. The molecular formula is C22H22ClN3O4S2. The number of carbonyl (C=O) groups excluding carboxylic acids is 1. The highest BCUT2D eigenvalue weighted by atomic mass is 35.5. The van der Waals surface area contributed by atoms with Crippen LogP contribution in [0, 0.1) is 0 Å². The van der Waals surface area contributed by atoms with Gasteiger partial charge in [0.1, 0.15) is 0 Å². The predicted octanol–water partition coefficient (Wildman–Crippen LogP) is 4.51. The summed E-state index contributed by atoms with van der Waals surface area (Å²) in [5.74, 6) is -0.428. The van der Waals surface area contributed by atoms with Crippen molar-refractivity contribution in [2.24, 2.45) is 0 Å². The number of morpholine rings is 1. The summed E-state index contributed by atoms with van der Waals surface area (Å²) in [4.78, 5) is 17.3. The molecule has 2 atom stereocenters. The van der Waals surface area contributed by atoms with Crippen molar-refractivity contribution < 1.29 is 17.9 Å². The average Bonchev–Trinajstić information content (AvgIpc) is 3.22. The summed E-state index contributed by atoms with van der Waals surface area (Å²) in [6.07, 6.45) is -0.389. The van der Waals surface area contributed by atoms with Gasteiger partial charge in [-0.1, -0.05) is 29.8 Å². The van der Waals surface area contributed by atoms with Crippen LogP contribution >= 0.6 is 22.9 Å². The third kappa shape index (κ3) is 5.02. The van der Waals surface area contributed by atoms with Gasteiger partial charge in [-0.2, -0.15) is 4.31 Å². The molecule has 2 heterocycles. The van der Waals surface area contributed by atoms with Crippen molar-refractivity contribution in [3.63, 3.8) is 0 Å². The van der Waals surface area contributed by atoms with E-state index in [0.29, 0.717) is 15.8 Å². The number of hydrogen-bond acceptors (Lipinski definition) is 6. The topological polar surface area (TPSA) is 88.6 Å². The second-order valence-electron chi connectivity index (χ2n) is 7.61. The molecule has 0 bridgehead atoms. The van der Waals surface area contributed by atoms with Crippen LogP contribution in [0.3, 0.4) is 0 Å². The van der Waals surface area contributed by atoms with E-state index in [1.165, 1.54) is 27.8 Å². The number of anilines is 1. The maximum Gasteiger partial charge on any atom is 0.257 e. The second-order valence-corrected chi connectivity index (χ2v) is 10.8. The van der Waals surface area contributed by atoms with Crippen LogP contribution in [-0.4, -0.2) is 48.9 Å². The summed E-state index contributed by atoms with van der Waals surface area (Å²) >= 11 is 7.21. The molecule has 10 heteroatoms. The molecule has 3 aromatic rings. The van der Waals surface area contributed by atoms with Gasteiger partial charge in [0.15, 0.2) is 5.13 Å². The fourth-order valence-corrected chi connectivity index (χ4v) is 6.01. The van der Waals surface area contributed by atoms with E-state index >= 15 is 0 Å². The number of sulfonamides is 1. The lowest BCUT2D eigenvalue weighted by atomic mass is 10.2. The molecule has 1 saturated heterocycles. The fraction of sp³-hybridized carbons (Fsp3) is 0.273. The SMILES string of the molecule is CC1CN(S(=O)(=O)c2cccc(C(=O)Nc3nc(-c4ccc(Cl)cc4)cs3)c2)CC(C)O1. The Bertz CT molecular complexity index is 1220. The summed E-state index contributed by atoms with van der Waals surface area (Å²) in [5.41, 5.74) is 1.84. The Morgan fingerprint density at radius 3 is 2.53 bits per heavy atom. The third-order valence-electron chi connectivity index (χ3n) is 4.98. The highest BCUT2D eigenvalue weighted by molar-refractivity contribution is 7.89. The van der Waals surface area contributed by atoms with E-state index in [-0.39, 0.29) is 35.8 Å². The maximum atomic E-state index is 13.1. The maximum absolute atomic E-state index is 13.1. The van der Waals surface area contributed by atoms with Gasteiger partial charge in [0, 0.05) is 34.6 Å². The first kappa shape index (κ1) is 22.9. The number of nitrogens with one attached hydrogen (secondary N) is 1. The van der Waals surface area contributed by atoms with E-state index in [9.17, 15) is 13.2 Å². The van der Waals surface area contributed by atoms with Crippen molar-refractivity contribution in [3.8, 4) is 11.3 Å². The molecule has 0 saturated carbocycles. The van der Waals surface area contributed by atoms with E-state index in [0.717, 1.165) is 5.56 Å². The van der Waals surface area contributed by atoms with E-state index in [1.54, 1.807) is 24.3 Å². The molecule has 1 aliphatic rings. The first-order valence-corrected chi connectivity index (χ1v) is 12.7. The average molecular weight is 492 g/mol. The Kier molecular flexibility index (Phi) is 6.64. The number of nitrogens with zero attached hydrogens (tertiary/aromatic N) is 2. The van der Waals surface area contributed by atoms with Crippen molar-refractivity contribution in [2.75, 3.05) is 18.4 Å². The van der Waals surface area contributed by atoms with Gasteiger partial charge in [0.2, 0.25) is 10.0 Å². The molecule has 2 aromatic carbocycles. The lowest BCUT2D eigenvalue weighted by Crippen LogP contribution is -2.48. The molecule has 0 radical (unpaired) electrons. The summed E-state index contributed by atoms with van der Waals surface area (Å²) in [6, 6.07) is 13.3.